The summed E-state index contributed by atoms with van der Waals surface area (Å²) in [7, 11) is 0. The average Bonchev–Trinajstić information content (AvgIpc) is 2.72. The molecule has 28 heavy (non-hydrogen) atoms. The predicted molar refractivity (Wildman–Crippen MR) is 117 cm³/mol. The Morgan fingerprint density at radius 1 is 1.07 bits per heavy atom. The van der Waals surface area contributed by atoms with Gasteiger partial charge in [-0.15, -0.1) is 0 Å². The topological polar surface area (TPSA) is 93.8 Å². The Kier molecular flexibility index (Phi) is 9.25. The molecule has 0 radical (unpaired) electrons. The number of nitrogens with one attached hydrogen (secondary N) is 1. The summed E-state index contributed by atoms with van der Waals surface area (Å²) in [6.45, 7) is 4.12. The monoisotopic (exact) mass is 385 g/mol. The molecule has 0 aliphatic rings. The van der Waals surface area contributed by atoms with Gasteiger partial charge in [-0.1, -0.05) is 51.2 Å². The van der Waals surface area contributed by atoms with Crippen LogP contribution in [-0.2, 0) is 0 Å². The summed E-state index contributed by atoms with van der Waals surface area (Å²) in [6.07, 6.45) is 10.2. The molecule has 0 unspecified atom stereocenters. The van der Waals surface area contributed by atoms with Gasteiger partial charge in [0.15, 0.2) is 0 Å². The van der Waals surface area contributed by atoms with Crippen molar-refractivity contribution in [1.29, 1.82) is 0 Å². The number of ether oxygens (including phenoxy) is 1. The van der Waals surface area contributed by atoms with Gasteiger partial charge < -0.3 is 15.8 Å². The van der Waals surface area contributed by atoms with Crippen LogP contribution in [0.15, 0.2) is 38.8 Å². The summed E-state index contributed by atoms with van der Waals surface area (Å²) < 4.78 is 5.74. The van der Waals surface area contributed by atoms with E-state index in [1.807, 2.05) is 30.5 Å². The van der Waals surface area contributed by atoms with E-state index in [2.05, 4.69) is 17.2 Å². The summed E-state index contributed by atoms with van der Waals surface area (Å²) in [4.78, 5) is 26.8. The smallest absolute Gasteiger partial charge is 0.253 e. The van der Waals surface area contributed by atoms with E-state index < -0.39 is 10.9 Å². The van der Waals surface area contributed by atoms with Crippen molar-refractivity contribution in [1.82, 2.24) is 0 Å². The maximum atomic E-state index is 11.3. The molecule has 0 aliphatic carbocycles. The Morgan fingerprint density at radius 2 is 1.86 bits per heavy atom. The molecule has 152 valence electrons. The first-order valence-electron chi connectivity index (χ1n) is 10.2. The van der Waals surface area contributed by atoms with E-state index in [0.29, 0.717) is 19.6 Å². The quantitative estimate of drug-likeness (QED) is 0.295. The van der Waals surface area contributed by atoms with E-state index in [-0.39, 0.29) is 11.4 Å². The predicted octanol–water partition coefficient (Wildman–Crippen LogP) is 3.53. The van der Waals surface area contributed by atoms with Gasteiger partial charge in [-0.05, 0) is 30.5 Å². The zero-order chi connectivity index (χ0) is 20.2. The number of benzene rings is 1. The first-order chi connectivity index (χ1) is 13.6. The molecule has 0 spiro atoms. The zero-order valence-electron chi connectivity index (χ0n) is 16.7. The number of nitrogen functional groups attached to an aromatic ring is 1. The van der Waals surface area contributed by atoms with Crippen molar-refractivity contribution in [3.63, 3.8) is 0 Å². The minimum Gasteiger partial charge on any atom is -0.494 e. The normalized spacial score (nSPS) is 11.3. The second kappa shape index (κ2) is 12.0. The van der Waals surface area contributed by atoms with E-state index in [0.717, 1.165) is 24.3 Å². The third-order valence-corrected chi connectivity index (χ3v) is 4.58. The fourth-order valence-electron chi connectivity index (χ4n) is 2.90. The highest BCUT2D eigenvalue weighted by molar-refractivity contribution is 5.80. The molecular weight excluding hydrogens is 354 g/mol. The zero-order valence-corrected chi connectivity index (χ0v) is 16.7. The van der Waals surface area contributed by atoms with E-state index in [1.54, 1.807) is 0 Å². The minimum atomic E-state index is -0.603. The molecule has 0 amide bonds. The van der Waals surface area contributed by atoms with Crippen LogP contribution in [0.4, 0.5) is 11.4 Å². The second-order valence-electron chi connectivity index (χ2n) is 6.95. The summed E-state index contributed by atoms with van der Waals surface area (Å²) >= 11 is 0. The molecule has 6 heteroatoms. The lowest BCUT2D eigenvalue weighted by Gasteiger charge is -2.10. The lowest BCUT2D eigenvalue weighted by Crippen LogP contribution is -2.37. The van der Waals surface area contributed by atoms with E-state index >= 15 is 0 Å². The van der Waals surface area contributed by atoms with Crippen LogP contribution in [0.25, 0.3) is 0 Å². The molecule has 0 atom stereocenters. The maximum Gasteiger partial charge on any atom is 0.253 e. The van der Waals surface area contributed by atoms with Gasteiger partial charge in [-0.2, -0.15) is 0 Å². The molecule has 2 aromatic rings. The van der Waals surface area contributed by atoms with Crippen molar-refractivity contribution >= 4 is 17.6 Å². The summed E-state index contributed by atoms with van der Waals surface area (Å²) in [5.41, 5.74) is 5.61. The van der Waals surface area contributed by atoms with Gasteiger partial charge in [-0.3, -0.25) is 14.6 Å². The summed E-state index contributed by atoms with van der Waals surface area (Å²) in [5.74, 6) is 0.789. The molecule has 0 fully saturated rings. The number of nitrogens with two attached hydrogens (primary N) is 1. The average molecular weight is 386 g/mol. The first-order valence-corrected chi connectivity index (χ1v) is 10.2. The van der Waals surface area contributed by atoms with Gasteiger partial charge >= 0.3 is 0 Å². The van der Waals surface area contributed by atoms with Gasteiger partial charge in [0.05, 0.1) is 6.61 Å². The molecule has 2 aromatic carbocycles. The number of aliphatic imine (C=N–C) groups is 1. The van der Waals surface area contributed by atoms with Crippen LogP contribution in [0.3, 0.4) is 0 Å². The highest BCUT2D eigenvalue weighted by atomic mass is 16.5. The van der Waals surface area contributed by atoms with Gasteiger partial charge in [0.25, 0.3) is 10.9 Å². The maximum absolute atomic E-state index is 11.3. The summed E-state index contributed by atoms with van der Waals surface area (Å²) in [6, 6.07) is 7.83. The van der Waals surface area contributed by atoms with Crippen LogP contribution in [-0.4, -0.2) is 25.9 Å². The summed E-state index contributed by atoms with van der Waals surface area (Å²) in [5, 5.41) is 2.89. The number of rotatable bonds is 14. The lowest BCUT2D eigenvalue weighted by molar-refractivity contribution is 0.315. The van der Waals surface area contributed by atoms with Crippen molar-refractivity contribution in [2.75, 3.05) is 30.7 Å². The number of nitrogens with zero attached hydrogens (tertiary/aromatic N) is 1. The van der Waals surface area contributed by atoms with Gasteiger partial charge in [-0.25, -0.2) is 0 Å². The van der Waals surface area contributed by atoms with Crippen molar-refractivity contribution in [2.24, 2.45) is 4.99 Å². The van der Waals surface area contributed by atoms with Crippen molar-refractivity contribution in [3.8, 4) is 5.75 Å². The fraction of sp³-hybridized carbons (Fsp3) is 0.500. The molecule has 0 aromatic heterocycles. The highest BCUT2D eigenvalue weighted by Gasteiger charge is 2.16. The SMILES string of the molecule is CCCCCCCCN=Cc1cccc(OCCCNc2c(N)c(=O)c2=O)c1. The molecule has 2 rings (SSSR count). The van der Waals surface area contributed by atoms with Gasteiger partial charge in [0, 0.05) is 19.3 Å². The minimum absolute atomic E-state index is 0.0267. The second-order valence-corrected chi connectivity index (χ2v) is 6.95. The Labute approximate surface area is 166 Å². The largest absolute Gasteiger partial charge is 0.494 e. The number of unbranched alkanes of at least 4 members (excludes halogenated alkanes) is 5. The number of anilines is 2. The van der Waals surface area contributed by atoms with Crippen LogP contribution in [0.1, 0.15) is 57.4 Å². The van der Waals surface area contributed by atoms with Crippen LogP contribution in [0, 0.1) is 0 Å². The first kappa shape index (κ1) is 21.7. The number of hydrogen-bond acceptors (Lipinski definition) is 6. The highest BCUT2D eigenvalue weighted by Crippen LogP contribution is 2.13. The van der Waals surface area contributed by atoms with E-state index in [4.69, 9.17) is 10.5 Å². The third-order valence-electron chi connectivity index (χ3n) is 4.58. The molecule has 0 aliphatic heterocycles. The van der Waals surface area contributed by atoms with Crippen LogP contribution in [0.2, 0.25) is 0 Å². The Hall–Kier alpha value is -2.63. The molecule has 0 bridgehead atoms. The molecule has 0 saturated carbocycles. The molecule has 3 N–H and O–H groups in total. The van der Waals surface area contributed by atoms with Crippen molar-refractivity contribution in [3.05, 3.63) is 50.3 Å². The molecule has 6 nitrogen and oxygen atoms in total. The standard InChI is InChI=1S/C22H31N3O3/c1-2-3-4-5-6-7-12-24-16-17-10-8-11-18(15-17)28-14-9-13-25-20-19(23)21(26)22(20)27/h8,10-11,15-16,25H,2-7,9,12-14,23H2,1H3. The Morgan fingerprint density at radius 3 is 2.64 bits per heavy atom. The van der Waals surface area contributed by atoms with Crippen molar-refractivity contribution in [2.45, 2.75) is 51.9 Å². The van der Waals surface area contributed by atoms with Crippen LogP contribution >= 0.6 is 0 Å². The fourth-order valence-corrected chi connectivity index (χ4v) is 2.90. The molecular formula is C22H31N3O3. The molecule has 0 heterocycles. The van der Waals surface area contributed by atoms with Gasteiger partial charge in [0.2, 0.25) is 0 Å². The van der Waals surface area contributed by atoms with Crippen molar-refractivity contribution < 1.29 is 4.74 Å². The van der Waals surface area contributed by atoms with Crippen LogP contribution < -0.4 is 26.6 Å². The third kappa shape index (κ3) is 6.83. The molecule has 0 saturated heterocycles. The van der Waals surface area contributed by atoms with Crippen LogP contribution in [0.5, 0.6) is 5.75 Å². The van der Waals surface area contributed by atoms with Gasteiger partial charge in [0.1, 0.15) is 17.1 Å². The van der Waals surface area contributed by atoms with E-state index in [1.165, 1.54) is 32.1 Å². The number of hydrogen-bond donors (Lipinski definition) is 2. The Bertz CT molecular complexity index is 823. The van der Waals surface area contributed by atoms with E-state index in [9.17, 15) is 9.59 Å². The lowest BCUT2D eigenvalue weighted by atomic mass is 10.1. The Balaban J connectivity index is 1.62.